The molecule has 4 rings (SSSR count). The van der Waals surface area contributed by atoms with Crippen molar-refractivity contribution in [1.82, 2.24) is 4.57 Å². The zero-order valence-corrected chi connectivity index (χ0v) is 21.1. The van der Waals surface area contributed by atoms with Gasteiger partial charge >= 0.3 is 5.97 Å². The van der Waals surface area contributed by atoms with Gasteiger partial charge in [-0.2, -0.15) is 0 Å². The van der Waals surface area contributed by atoms with Crippen molar-refractivity contribution in [3.8, 4) is 11.4 Å². The van der Waals surface area contributed by atoms with Gasteiger partial charge < -0.3 is 14.0 Å². The van der Waals surface area contributed by atoms with Crippen molar-refractivity contribution in [1.29, 1.82) is 0 Å². The number of anilines is 1. The third-order valence-corrected chi connectivity index (χ3v) is 6.27. The second kappa shape index (κ2) is 9.84. The van der Waals surface area contributed by atoms with Crippen LogP contribution in [-0.4, -0.2) is 30.2 Å². The van der Waals surface area contributed by atoms with Crippen LogP contribution >= 0.6 is 11.6 Å². The molecule has 6 nitrogen and oxygen atoms in total. The number of amides is 1. The van der Waals surface area contributed by atoms with Crippen molar-refractivity contribution >= 4 is 35.2 Å². The maximum atomic E-state index is 13.6. The second-order valence-electron chi connectivity index (χ2n) is 8.22. The molecule has 0 spiro atoms. The SMILES string of the molecule is CCOc1ccc(-n2c(C)cc(/C=C3/C(=O)N(c4cccc(Cl)c4)C(C)=C3C(=O)OC)c2C)cc1. The number of allylic oxidation sites excluding steroid dienone is 1. The van der Waals surface area contributed by atoms with E-state index in [2.05, 4.69) is 4.57 Å². The Hall–Kier alpha value is -3.77. The Balaban J connectivity index is 1.80. The van der Waals surface area contributed by atoms with E-state index >= 15 is 0 Å². The average Bonchev–Trinajstić information content (AvgIpc) is 3.25. The molecule has 1 aromatic heterocycles. The highest BCUT2D eigenvalue weighted by Crippen LogP contribution is 2.37. The van der Waals surface area contributed by atoms with Crippen LogP contribution in [-0.2, 0) is 14.3 Å². The Morgan fingerprint density at radius 3 is 2.37 bits per heavy atom. The molecular weight excluding hydrogens is 464 g/mol. The number of esters is 1. The van der Waals surface area contributed by atoms with Gasteiger partial charge in [0.05, 0.1) is 30.6 Å². The summed E-state index contributed by atoms with van der Waals surface area (Å²) in [4.78, 5) is 27.8. The highest BCUT2D eigenvalue weighted by Gasteiger charge is 2.38. The number of aromatic nitrogens is 1. The summed E-state index contributed by atoms with van der Waals surface area (Å²) in [6.07, 6.45) is 1.76. The quantitative estimate of drug-likeness (QED) is 0.313. The summed E-state index contributed by atoms with van der Waals surface area (Å²) in [6.45, 7) is 8.27. The Kier molecular flexibility index (Phi) is 6.85. The van der Waals surface area contributed by atoms with Crippen LogP contribution in [0.15, 0.2) is 71.4 Å². The molecule has 35 heavy (non-hydrogen) atoms. The minimum absolute atomic E-state index is 0.239. The first-order chi connectivity index (χ1) is 16.8. The van der Waals surface area contributed by atoms with Crippen molar-refractivity contribution in [2.24, 2.45) is 0 Å². The maximum Gasteiger partial charge on any atom is 0.340 e. The van der Waals surface area contributed by atoms with Gasteiger partial charge in [0, 0.05) is 27.8 Å². The van der Waals surface area contributed by atoms with Gasteiger partial charge in [-0.15, -0.1) is 0 Å². The summed E-state index contributed by atoms with van der Waals surface area (Å²) < 4.78 is 12.7. The van der Waals surface area contributed by atoms with Crippen LogP contribution in [0.5, 0.6) is 5.75 Å². The fourth-order valence-electron chi connectivity index (χ4n) is 4.45. The molecule has 0 atom stereocenters. The topological polar surface area (TPSA) is 60.8 Å². The van der Waals surface area contributed by atoms with Gasteiger partial charge in [-0.25, -0.2) is 4.79 Å². The Morgan fingerprint density at radius 2 is 1.74 bits per heavy atom. The number of aryl methyl sites for hydroxylation is 1. The maximum absolute atomic E-state index is 13.6. The summed E-state index contributed by atoms with van der Waals surface area (Å²) in [7, 11) is 1.31. The summed E-state index contributed by atoms with van der Waals surface area (Å²) in [5.41, 5.74) is 5.35. The lowest BCUT2D eigenvalue weighted by atomic mass is 10.0. The van der Waals surface area contributed by atoms with E-state index in [1.807, 2.05) is 51.1 Å². The van der Waals surface area contributed by atoms with Crippen LogP contribution in [0.1, 0.15) is 30.8 Å². The fraction of sp³-hybridized carbons (Fsp3) is 0.214. The van der Waals surface area contributed by atoms with E-state index in [1.54, 1.807) is 37.3 Å². The van der Waals surface area contributed by atoms with E-state index < -0.39 is 5.97 Å². The number of halogens is 1. The van der Waals surface area contributed by atoms with Crippen LogP contribution in [0, 0.1) is 13.8 Å². The molecule has 2 heterocycles. The number of hydrogen-bond donors (Lipinski definition) is 0. The zero-order chi connectivity index (χ0) is 25.3. The minimum Gasteiger partial charge on any atom is -0.494 e. The van der Waals surface area contributed by atoms with Gasteiger partial charge in [0.15, 0.2) is 0 Å². The number of carbonyl (C=O) groups is 2. The monoisotopic (exact) mass is 490 g/mol. The van der Waals surface area contributed by atoms with Gasteiger partial charge in [0.1, 0.15) is 5.75 Å². The van der Waals surface area contributed by atoms with Gasteiger partial charge in [-0.1, -0.05) is 17.7 Å². The molecule has 0 N–H and O–H groups in total. The van der Waals surface area contributed by atoms with E-state index in [-0.39, 0.29) is 17.1 Å². The predicted octanol–water partition coefficient (Wildman–Crippen LogP) is 6.02. The highest BCUT2D eigenvalue weighted by atomic mass is 35.5. The molecule has 1 aliphatic heterocycles. The molecule has 0 bridgehead atoms. The van der Waals surface area contributed by atoms with Crippen molar-refractivity contribution in [2.75, 3.05) is 18.6 Å². The summed E-state index contributed by atoms with van der Waals surface area (Å²) in [5, 5.41) is 0.499. The number of rotatable bonds is 6. The molecule has 1 aliphatic rings. The van der Waals surface area contributed by atoms with Gasteiger partial charge in [0.25, 0.3) is 5.91 Å². The largest absolute Gasteiger partial charge is 0.494 e. The standard InChI is InChI=1S/C28H27ClN2O4/c1-6-35-24-12-10-22(11-13-24)30-17(2)14-20(18(30)3)15-25-26(28(33)34-5)19(4)31(27(25)32)23-9-7-8-21(29)16-23/h7-16H,6H2,1-5H3/b25-15+. The third-order valence-electron chi connectivity index (χ3n) is 6.03. The molecule has 1 amide bonds. The molecular formula is C28H27ClN2O4. The second-order valence-corrected chi connectivity index (χ2v) is 8.66. The number of carbonyl (C=O) groups excluding carboxylic acids is 2. The molecule has 0 unspecified atom stereocenters. The molecule has 180 valence electrons. The van der Waals surface area contributed by atoms with E-state index in [0.29, 0.717) is 23.0 Å². The van der Waals surface area contributed by atoms with E-state index in [4.69, 9.17) is 21.1 Å². The fourth-order valence-corrected chi connectivity index (χ4v) is 4.64. The van der Waals surface area contributed by atoms with Crippen LogP contribution in [0.2, 0.25) is 5.02 Å². The van der Waals surface area contributed by atoms with Crippen LogP contribution in [0.3, 0.4) is 0 Å². The molecule has 0 fully saturated rings. The number of hydrogen-bond acceptors (Lipinski definition) is 4. The van der Waals surface area contributed by atoms with Crippen molar-refractivity contribution in [3.05, 3.63) is 93.4 Å². The van der Waals surface area contributed by atoms with Crippen molar-refractivity contribution in [3.63, 3.8) is 0 Å². The molecule has 0 aliphatic carbocycles. The molecule has 0 saturated carbocycles. The minimum atomic E-state index is -0.563. The van der Waals surface area contributed by atoms with Crippen molar-refractivity contribution in [2.45, 2.75) is 27.7 Å². The van der Waals surface area contributed by atoms with E-state index in [1.165, 1.54) is 12.0 Å². The van der Waals surface area contributed by atoms with Crippen molar-refractivity contribution < 1.29 is 19.1 Å². The predicted molar refractivity (Wildman–Crippen MR) is 138 cm³/mol. The smallest absolute Gasteiger partial charge is 0.340 e. The normalized spacial score (nSPS) is 14.7. The first-order valence-electron chi connectivity index (χ1n) is 11.3. The third kappa shape index (κ3) is 4.49. The Morgan fingerprint density at radius 1 is 1.03 bits per heavy atom. The lowest BCUT2D eigenvalue weighted by molar-refractivity contribution is -0.136. The number of nitrogens with zero attached hydrogens (tertiary/aromatic N) is 2. The van der Waals surface area contributed by atoms with Gasteiger partial charge in [-0.05, 0) is 87.9 Å². The number of ether oxygens (including phenoxy) is 2. The zero-order valence-electron chi connectivity index (χ0n) is 20.4. The first-order valence-corrected chi connectivity index (χ1v) is 11.7. The van der Waals surface area contributed by atoms with Crippen LogP contribution in [0.25, 0.3) is 11.8 Å². The average molecular weight is 491 g/mol. The number of benzene rings is 2. The van der Waals surface area contributed by atoms with Crippen LogP contribution in [0.4, 0.5) is 5.69 Å². The summed E-state index contributed by atoms with van der Waals surface area (Å²) in [5.74, 6) is -0.0648. The molecule has 3 aromatic rings. The molecule has 0 saturated heterocycles. The van der Waals surface area contributed by atoms with Crippen LogP contribution < -0.4 is 9.64 Å². The lowest BCUT2D eigenvalue weighted by Crippen LogP contribution is -2.24. The highest BCUT2D eigenvalue weighted by molar-refractivity contribution is 6.31. The molecule has 7 heteroatoms. The van der Waals surface area contributed by atoms with E-state index in [9.17, 15) is 9.59 Å². The number of methoxy groups -OCH3 is 1. The molecule has 2 aromatic carbocycles. The van der Waals surface area contributed by atoms with Gasteiger partial charge in [-0.3, -0.25) is 9.69 Å². The first kappa shape index (κ1) is 24.4. The molecule has 0 radical (unpaired) electrons. The van der Waals surface area contributed by atoms with Gasteiger partial charge in [0.2, 0.25) is 0 Å². The Labute approximate surface area is 210 Å². The summed E-state index contributed by atoms with van der Waals surface area (Å²) in [6, 6.07) is 16.8. The summed E-state index contributed by atoms with van der Waals surface area (Å²) >= 11 is 6.17. The lowest BCUT2D eigenvalue weighted by Gasteiger charge is -2.18. The van der Waals surface area contributed by atoms with E-state index in [0.717, 1.165) is 28.4 Å². The Bertz CT molecular complexity index is 1370.